The van der Waals surface area contributed by atoms with Gasteiger partial charge in [0.15, 0.2) is 10.8 Å². The summed E-state index contributed by atoms with van der Waals surface area (Å²) in [6.45, 7) is 2.76. The number of imide groups is 1. The standard InChI is InChI=1S/C9H10N2O5/c1-7(2)8(3(10)12)4(13)11-5(14)9(7,8)6(15)16/h1-2H3,(H2,10,12)(H,15,16)(H,11,13,14)/t8-,9+/m1/s1. The van der Waals surface area contributed by atoms with E-state index in [-0.39, 0.29) is 0 Å². The molecule has 0 aromatic rings. The highest BCUT2D eigenvalue weighted by Crippen LogP contribution is 2.80. The molecule has 0 unspecified atom stereocenters. The van der Waals surface area contributed by atoms with Crippen LogP contribution in [0.1, 0.15) is 13.8 Å². The molecular formula is C9H10N2O5. The van der Waals surface area contributed by atoms with Crippen LogP contribution in [0.4, 0.5) is 0 Å². The fourth-order valence-corrected chi connectivity index (χ4v) is 3.20. The second-order valence-corrected chi connectivity index (χ2v) is 4.58. The minimum absolute atomic E-state index is 0.919. The average molecular weight is 226 g/mol. The number of fused-ring (bicyclic) bond motifs is 1. The Hall–Kier alpha value is -1.92. The summed E-state index contributed by atoms with van der Waals surface area (Å²) < 4.78 is 0. The zero-order chi connectivity index (χ0) is 12.5. The van der Waals surface area contributed by atoms with Crippen molar-refractivity contribution in [3.8, 4) is 0 Å². The van der Waals surface area contributed by atoms with Crippen LogP contribution in [0.25, 0.3) is 0 Å². The van der Waals surface area contributed by atoms with Crippen LogP contribution in [0.15, 0.2) is 0 Å². The van der Waals surface area contributed by atoms with Gasteiger partial charge in [-0.05, 0) is 0 Å². The van der Waals surface area contributed by atoms with Crippen LogP contribution >= 0.6 is 0 Å². The Morgan fingerprint density at radius 3 is 1.88 bits per heavy atom. The molecule has 2 fully saturated rings. The molecule has 2 aliphatic rings. The van der Waals surface area contributed by atoms with E-state index in [4.69, 9.17) is 10.8 Å². The van der Waals surface area contributed by atoms with E-state index >= 15 is 0 Å². The molecular weight excluding hydrogens is 216 g/mol. The number of carboxylic acids is 1. The van der Waals surface area contributed by atoms with Gasteiger partial charge in [-0.25, -0.2) is 0 Å². The van der Waals surface area contributed by atoms with Crippen molar-refractivity contribution < 1.29 is 24.3 Å². The zero-order valence-corrected chi connectivity index (χ0v) is 8.66. The SMILES string of the molecule is CC1(C)[C@@]2(C(N)=O)C(=O)NC(=O)[C@]12C(=O)O. The first-order valence-corrected chi connectivity index (χ1v) is 4.58. The third-order valence-electron chi connectivity index (χ3n) is 3.97. The predicted molar refractivity (Wildman–Crippen MR) is 48.6 cm³/mol. The van der Waals surface area contributed by atoms with E-state index < -0.39 is 39.9 Å². The normalized spacial score (nSPS) is 38.9. The highest BCUT2D eigenvalue weighted by molar-refractivity contribution is 6.33. The largest absolute Gasteiger partial charge is 0.480 e. The number of primary amides is 1. The van der Waals surface area contributed by atoms with Gasteiger partial charge in [0.25, 0.3) is 0 Å². The summed E-state index contributed by atoms with van der Waals surface area (Å²) in [5.74, 6) is -4.46. The number of carbonyl (C=O) groups excluding carboxylic acids is 3. The monoisotopic (exact) mass is 226 g/mol. The lowest BCUT2D eigenvalue weighted by atomic mass is 9.94. The topological polar surface area (TPSA) is 127 Å². The van der Waals surface area contributed by atoms with Gasteiger partial charge in [0, 0.05) is 5.41 Å². The van der Waals surface area contributed by atoms with E-state index in [9.17, 15) is 19.2 Å². The van der Waals surface area contributed by atoms with Crippen molar-refractivity contribution in [1.82, 2.24) is 5.32 Å². The molecule has 0 aromatic carbocycles. The lowest BCUT2D eigenvalue weighted by Crippen LogP contribution is -2.41. The summed E-state index contributed by atoms with van der Waals surface area (Å²) in [5, 5.41) is 11.0. The maximum absolute atomic E-state index is 11.6. The molecule has 4 N–H and O–H groups in total. The molecule has 86 valence electrons. The van der Waals surface area contributed by atoms with Crippen molar-refractivity contribution in [3.05, 3.63) is 0 Å². The fourth-order valence-electron chi connectivity index (χ4n) is 3.20. The average Bonchev–Trinajstić information content (AvgIpc) is 2.44. The summed E-state index contributed by atoms with van der Waals surface area (Å²) in [5.41, 5.74) is -0.193. The number of nitrogens with one attached hydrogen (secondary N) is 1. The summed E-state index contributed by atoms with van der Waals surface area (Å²) in [4.78, 5) is 45.8. The highest BCUT2D eigenvalue weighted by Gasteiger charge is 2.99. The van der Waals surface area contributed by atoms with Crippen LogP contribution in [-0.2, 0) is 19.2 Å². The van der Waals surface area contributed by atoms with Gasteiger partial charge in [-0.3, -0.25) is 24.5 Å². The summed E-state index contributed by atoms with van der Waals surface area (Å²) in [7, 11) is 0. The van der Waals surface area contributed by atoms with Crippen LogP contribution in [-0.4, -0.2) is 28.8 Å². The van der Waals surface area contributed by atoms with Crippen molar-refractivity contribution >= 4 is 23.7 Å². The van der Waals surface area contributed by atoms with Crippen LogP contribution in [0.3, 0.4) is 0 Å². The molecule has 7 heteroatoms. The number of piperidine rings is 1. The van der Waals surface area contributed by atoms with E-state index in [0.29, 0.717) is 0 Å². The van der Waals surface area contributed by atoms with Crippen LogP contribution < -0.4 is 11.1 Å². The van der Waals surface area contributed by atoms with Gasteiger partial charge in [0.1, 0.15) is 0 Å². The molecule has 1 aliphatic carbocycles. The Labute approximate surface area is 90.0 Å². The van der Waals surface area contributed by atoms with Crippen molar-refractivity contribution in [1.29, 1.82) is 0 Å². The van der Waals surface area contributed by atoms with Crippen molar-refractivity contribution in [2.45, 2.75) is 13.8 Å². The van der Waals surface area contributed by atoms with Crippen LogP contribution in [0.5, 0.6) is 0 Å². The molecule has 2 atom stereocenters. The third-order valence-corrected chi connectivity index (χ3v) is 3.97. The minimum atomic E-state index is -2.05. The number of carbonyl (C=O) groups is 4. The van der Waals surface area contributed by atoms with Crippen molar-refractivity contribution in [2.75, 3.05) is 0 Å². The lowest BCUT2D eigenvalue weighted by molar-refractivity contribution is -0.151. The number of amides is 3. The zero-order valence-electron chi connectivity index (χ0n) is 8.66. The summed E-state index contributed by atoms with van der Waals surface area (Å²) in [6, 6.07) is 0. The molecule has 0 spiro atoms. The van der Waals surface area contributed by atoms with Gasteiger partial charge in [0.2, 0.25) is 17.7 Å². The van der Waals surface area contributed by atoms with E-state index in [1.165, 1.54) is 13.8 Å². The maximum Gasteiger partial charge on any atom is 0.321 e. The molecule has 1 aliphatic heterocycles. The molecule has 3 amide bonds. The number of aliphatic carboxylic acids is 1. The van der Waals surface area contributed by atoms with Gasteiger partial charge >= 0.3 is 5.97 Å². The van der Waals surface area contributed by atoms with E-state index in [0.717, 1.165) is 0 Å². The molecule has 1 heterocycles. The van der Waals surface area contributed by atoms with E-state index in [1.807, 2.05) is 5.32 Å². The molecule has 1 saturated heterocycles. The molecule has 2 rings (SSSR count). The number of hydrogen-bond acceptors (Lipinski definition) is 4. The molecule has 1 saturated carbocycles. The number of carboxylic acid groups (broad SMARTS) is 1. The number of rotatable bonds is 2. The first-order chi connectivity index (χ1) is 7.19. The fraction of sp³-hybridized carbons (Fsp3) is 0.556. The molecule has 16 heavy (non-hydrogen) atoms. The van der Waals surface area contributed by atoms with Crippen molar-refractivity contribution in [2.24, 2.45) is 22.0 Å². The Balaban J connectivity index is 2.77. The smallest absolute Gasteiger partial charge is 0.321 e. The number of hydrogen-bond donors (Lipinski definition) is 3. The van der Waals surface area contributed by atoms with Gasteiger partial charge in [0.05, 0.1) is 0 Å². The number of nitrogens with two attached hydrogens (primary N) is 1. The highest BCUT2D eigenvalue weighted by atomic mass is 16.4. The van der Waals surface area contributed by atoms with Crippen molar-refractivity contribution in [3.63, 3.8) is 0 Å². The first-order valence-electron chi connectivity index (χ1n) is 4.58. The van der Waals surface area contributed by atoms with Gasteiger partial charge < -0.3 is 10.8 Å². The van der Waals surface area contributed by atoms with E-state index in [1.54, 1.807) is 0 Å². The first kappa shape index (κ1) is 10.6. The second-order valence-electron chi connectivity index (χ2n) is 4.58. The van der Waals surface area contributed by atoms with Crippen LogP contribution in [0, 0.1) is 16.2 Å². The minimum Gasteiger partial charge on any atom is -0.480 e. The van der Waals surface area contributed by atoms with E-state index in [2.05, 4.69) is 0 Å². The Kier molecular flexibility index (Phi) is 1.49. The molecule has 0 aromatic heterocycles. The summed E-state index contributed by atoms with van der Waals surface area (Å²) >= 11 is 0. The summed E-state index contributed by atoms with van der Waals surface area (Å²) in [6.07, 6.45) is 0. The van der Waals surface area contributed by atoms with Gasteiger partial charge in [-0.1, -0.05) is 13.8 Å². The second kappa shape index (κ2) is 2.26. The Bertz CT molecular complexity index is 429. The molecule has 7 nitrogen and oxygen atoms in total. The Morgan fingerprint density at radius 1 is 1.19 bits per heavy atom. The predicted octanol–water partition coefficient (Wildman–Crippen LogP) is -1.77. The maximum atomic E-state index is 11.6. The third kappa shape index (κ3) is 0.568. The Morgan fingerprint density at radius 2 is 1.62 bits per heavy atom. The lowest BCUT2D eigenvalue weighted by Gasteiger charge is -2.13. The quantitative estimate of drug-likeness (QED) is 0.379. The molecule has 0 radical (unpaired) electrons. The van der Waals surface area contributed by atoms with Gasteiger partial charge in [-0.15, -0.1) is 0 Å². The molecule has 0 bridgehead atoms. The van der Waals surface area contributed by atoms with Gasteiger partial charge in [-0.2, -0.15) is 0 Å². The van der Waals surface area contributed by atoms with Crippen LogP contribution in [0.2, 0.25) is 0 Å².